The molecule has 22 heavy (non-hydrogen) atoms. The van der Waals surface area contributed by atoms with Gasteiger partial charge >= 0.3 is 0 Å². The van der Waals surface area contributed by atoms with Gasteiger partial charge in [-0.3, -0.25) is 9.59 Å². The van der Waals surface area contributed by atoms with E-state index in [1.54, 1.807) is 10.7 Å². The molecule has 0 radical (unpaired) electrons. The summed E-state index contributed by atoms with van der Waals surface area (Å²) in [5.74, 6) is 0.0194. The number of nitrogens with zero attached hydrogens (tertiary/aromatic N) is 4. The van der Waals surface area contributed by atoms with E-state index in [-0.39, 0.29) is 23.9 Å². The molecule has 0 aliphatic carbocycles. The van der Waals surface area contributed by atoms with Gasteiger partial charge in [0.1, 0.15) is 5.52 Å². The molecule has 0 saturated carbocycles. The zero-order chi connectivity index (χ0) is 15.3. The third kappa shape index (κ3) is 1.96. The second-order valence-electron chi connectivity index (χ2n) is 6.02. The van der Waals surface area contributed by atoms with Gasteiger partial charge in [0.2, 0.25) is 5.91 Å². The Hall–Kier alpha value is -2.44. The Morgan fingerprint density at radius 3 is 3.00 bits per heavy atom. The third-order valence-corrected chi connectivity index (χ3v) is 4.67. The topological polar surface area (TPSA) is 80.1 Å². The molecule has 7 nitrogen and oxygen atoms in total. The Bertz CT molecular complexity index is 768. The molecule has 7 heteroatoms. The van der Waals surface area contributed by atoms with Gasteiger partial charge in [0, 0.05) is 37.7 Å². The van der Waals surface area contributed by atoms with Crippen molar-refractivity contribution in [3.05, 3.63) is 23.8 Å². The molecule has 1 N–H and O–H groups in total. The summed E-state index contributed by atoms with van der Waals surface area (Å²) < 4.78 is 1.68. The molecule has 0 unspecified atom stereocenters. The standard InChI is InChI=1S/C15H17N5O2/c1-19-13-5-2-9(6-12(13)17-18-19)15(22)20-10-3-4-11(20)8-16-14(21)7-10/h2,5-6,10-11H,3-4,7-8H2,1H3,(H,16,21)/t10-,11+/m0/s1. The van der Waals surface area contributed by atoms with Crippen LogP contribution in [0.4, 0.5) is 0 Å². The summed E-state index contributed by atoms with van der Waals surface area (Å²) in [7, 11) is 1.82. The van der Waals surface area contributed by atoms with E-state index >= 15 is 0 Å². The van der Waals surface area contributed by atoms with Crippen LogP contribution in [-0.4, -0.2) is 50.3 Å². The van der Waals surface area contributed by atoms with Crippen LogP contribution in [0.15, 0.2) is 18.2 Å². The molecule has 2 bridgehead atoms. The SMILES string of the molecule is Cn1nnc2cc(C(=O)N3[C@@H]4CC[C@H]3CC(=O)NC4)ccc21. The lowest BCUT2D eigenvalue weighted by Crippen LogP contribution is -2.42. The lowest BCUT2D eigenvalue weighted by molar-refractivity contribution is -0.121. The molecule has 2 aliphatic heterocycles. The molecular formula is C15H17N5O2. The fraction of sp³-hybridized carbons (Fsp3) is 0.467. The molecule has 2 atom stereocenters. The van der Waals surface area contributed by atoms with Crippen molar-refractivity contribution in [2.45, 2.75) is 31.3 Å². The highest BCUT2D eigenvalue weighted by atomic mass is 16.2. The molecule has 3 heterocycles. The van der Waals surface area contributed by atoms with Crippen LogP contribution in [0.1, 0.15) is 29.6 Å². The van der Waals surface area contributed by atoms with E-state index in [1.807, 2.05) is 24.1 Å². The largest absolute Gasteiger partial charge is 0.354 e. The number of hydrogen-bond donors (Lipinski definition) is 1. The summed E-state index contributed by atoms with van der Waals surface area (Å²) in [6.45, 7) is 0.550. The van der Waals surface area contributed by atoms with E-state index in [0.717, 1.165) is 18.4 Å². The highest BCUT2D eigenvalue weighted by Gasteiger charge is 2.40. The summed E-state index contributed by atoms with van der Waals surface area (Å²) in [6, 6.07) is 5.57. The molecule has 2 amide bonds. The highest BCUT2D eigenvalue weighted by Crippen LogP contribution is 2.30. The van der Waals surface area contributed by atoms with E-state index in [9.17, 15) is 9.59 Å². The molecule has 2 saturated heterocycles. The lowest BCUT2D eigenvalue weighted by atomic mass is 10.1. The normalized spacial score (nSPS) is 24.4. The van der Waals surface area contributed by atoms with Crippen LogP contribution in [0.3, 0.4) is 0 Å². The Balaban J connectivity index is 1.68. The molecule has 0 spiro atoms. The molecule has 114 valence electrons. The number of nitrogens with one attached hydrogen (secondary N) is 1. The summed E-state index contributed by atoms with van der Waals surface area (Å²) in [4.78, 5) is 26.5. The summed E-state index contributed by atoms with van der Waals surface area (Å²) in [5.41, 5.74) is 2.22. The molecule has 2 fully saturated rings. The van der Waals surface area contributed by atoms with Gasteiger partial charge in [0.05, 0.1) is 5.52 Å². The van der Waals surface area contributed by atoms with Gasteiger partial charge in [-0.1, -0.05) is 5.21 Å². The first-order valence-electron chi connectivity index (χ1n) is 7.52. The van der Waals surface area contributed by atoms with Gasteiger partial charge in [0.15, 0.2) is 0 Å². The van der Waals surface area contributed by atoms with Crippen LogP contribution >= 0.6 is 0 Å². The van der Waals surface area contributed by atoms with Gasteiger partial charge in [-0.15, -0.1) is 5.10 Å². The van der Waals surface area contributed by atoms with Crippen molar-refractivity contribution in [1.82, 2.24) is 25.2 Å². The van der Waals surface area contributed by atoms with Crippen LogP contribution in [0.25, 0.3) is 11.0 Å². The molecule has 1 aromatic heterocycles. The number of fused-ring (bicyclic) bond motifs is 3. The maximum absolute atomic E-state index is 12.9. The lowest BCUT2D eigenvalue weighted by Gasteiger charge is -2.27. The average molecular weight is 299 g/mol. The minimum atomic E-state index is -0.0171. The van der Waals surface area contributed by atoms with Crippen LogP contribution in [-0.2, 0) is 11.8 Å². The molecule has 2 aliphatic rings. The van der Waals surface area contributed by atoms with Gasteiger partial charge in [0.25, 0.3) is 5.91 Å². The minimum absolute atomic E-state index is 0.0116. The van der Waals surface area contributed by atoms with E-state index in [4.69, 9.17) is 0 Å². The average Bonchev–Trinajstić information content (AvgIpc) is 3.02. The Morgan fingerprint density at radius 2 is 2.14 bits per heavy atom. The number of aryl methyl sites for hydroxylation is 1. The Kier molecular flexibility index (Phi) is 2.88. The van der Waals surface area contributed by atoms with Crippen molar-refractivity contribution in [1.29, 1.82) is 0 Å². The Labute approximate surface area is 127 Å². The summed E-state index contributed by atoms with van der Waals surface area (Å²) in [5, 5.41) is 10.9. The zero-order valence-electron chi connectivity index (χ0n) is 12.3. The molecule has 2 aromatic rings. The fourth-order valence-corrected chi connectivity index (χ4v) is 3.53. The third-order valence-electron chi connectivity index (χ3n) is 4.67. The smallest absolute Gasteiger partial charge is 0.254 e. The van der Waals surface area contributed by atoms with Crippen LogP contribution < -0.4 is 5.32 Å². The predicted octanol–water partition coefficient (Wildman–Crippen LogP) is 0.461. The highest BCUT2D eigenvalue weighted by molar-refractivity contribution is 5.98. The maximum Gasteiger partial charge on any atom is 0.254 e. The van der Waals surface area contributed by atoms with E-state index in [2.05, 4.69) is 15.6 Å². The van der Waals surface area contributed by atoms with Gasteiger partial charge in [-0.05, 0) is 31.0 Å². The van der Waals surface area contributed by atoms with Crippen molar-refractivity contribution >= 4 is 22.8 Å². The van der Waals surface area contributed by atoms with Gasteiger partial charge < -0.3 is 10.2 Å². The van der Waals surface area contributed by atoms with E-state index in [0.29, 0.717) is 24.0 Å². The van der Waals surface area contributed by atoms with Crippen molar-refractivity contribution in [3.8, 4) is 0 Å². The first-order valence-corrected chi connectivity index (χ1v) is 7.52. The van der Waals surface area contributed by atoms with Crippen LogP contribution in [0.5, 0.6) is 0 Å². The van der Waals surface area contributed by atoms with Crippen LogP contribution in [0, 0.1) is 0 Å². The number of hydrogen-bond acceptors (Lipinski definition) is 4. The summed E-state index contributed by atoms with van der Waals surface area (Å²) >= 11 is 0. The first-order chi connectivity index (χ1) is 10.6. The summed E-state index contributed by atoms with van der Waals surface area (Å²) in [6.07, 6.45) is 2.25. The van der Waals surface area contributed by atoms with Gasteiger partial charge in [-0.25, -0.2) is 4.68 Å². The fourth-order valence-electron chi connectivity index (χ4n) is 3.53. The van der Waals surface area contributed by atoms with Gasteiger partial charge in [-0.2, -0.15) is 0 Å². The second kappa shape index (κ2) is 4.79. The number of aromatic nitrogens is 3. The minimum Gasteiger partial charge on any atom is -0.354 e. The van der Waals surface area contributed by atoms with Crippen molar-refractivity contribution in [2.24, 2.45) is 7.05 Å². The van der Waals surface area contributed by atoms with Crippen molar-refractivity contribution in [2.75, 3.05) is 6.54 Å². The zero-order valence-corrected chi connectivity index (χ0v) is 12.3. The quantitative estimate of drug-likeness (QED) is 0.829. The number of rotatable bonds is 1. The van der Waals surface area contributed by atoms with Crippen molar-refractivity contribution < 1.29 is 9.59 Å². The predicted molar refractivity (Wildman–Crippen MR) is 79.1 cm³/mol. The van der Waals surface area contributed by atoms with E-state index in [1.165, 1.54) is 0 Å². The van der Waals surface area contributed by atoms with Crippen molar-refractivity contribution in [3.63, 3.8) is 0 Å². The maximum atomic E-state index is 12.9. The monoisotopic (exact) mass is 299 g/mol. The first kappa shape index (κ1) is 13.2. The van der Waals surface area contributed by atoms with E-state index < -0.39 is 0 Å². The Morgan fingerprint density at radius 1 is 1.32 bits per heavy atom. The number of benzene rings is 1. The second-order valence-corrected chi connectivity index (χ2v) is 6.02. The molecule has 4 rings (SSSR count). The molecular weight excluding hydrogens is 282 g/mol. The number of carbonyl (C=O) groups is 2. The number of carbonyl (C=O) groups excluding carboxylic acids is 2. The molecule has 1 aromatic carbocycles. The number of amides is 2. The van der Waals surface area contributed by atoms with Crippen LogP contribution in [0.2, 0.25) is 0 Å².